The second-order valence-electron chi connectivity index (χ2n) is 6.93. The molecule has 1 atom stereocenters. The molecule has 0 saturated carbocycles. The van der Waals surface area contributed by atoms with E-state index >= 15 is 0 Å². The number of hydrogen-bond acceptors (Lipinski definition) is 6. The monoisotopic (exact) mass is 359 g/mol. The van der Waals surface area contributed by atoms with Crippen molar-refractivity contribution in [1.82, 2.24) is 15.1 Å². The molecule has 2 heterocycles. The molecule has 134 valence electrons. The summed E-state index contributed by atoms with van der Waals surface area (Å²) in [5, 5.41) is 2.56. The first-order valence-corrected chi connectivity index (χ1v) is 9.45. The summed E-state index contributed by atoms with van der Waals surface area (Å²) in [5.74, 6) is -2.88. The van der Waals surface area contributed by atoms with E-state index in [2.05, 4.69) is 5.32 Å². The van der Waals surface area contributed by atoms with Crippen LogP contribution in [0.4, 0.5) is 4.79 Å². The lowest BCUT2D eigenvalue weighted by molar-refractivity contribution is -0.144. The average Bonchev–Trinajstić information content (AvgIpc) is 2.81. The molecule has 5 amide bonds. The molecule has 24 heavy (non-hydrogen) atoms. The van der Waals surface area contributed by atoms with Gasteiger partial charge in [-0.25, -0.2) is 18.1 Å². The smallest absolute Gasteiger partial charge is 0.334 e. The second kappa shape index (κ2) is 6.15. The quantitative estimate of drug-likeness (QED) is 0.503. The number of nitrogens with zero attached hydrogens (tertiary/aromatic N) is 2. The second-order valence-corrected chi connectivity index (χ2v) is 9.12. The van der Waals surface area contributed by atoms with Gasteiger partial charge in [0.25, 0.3) is 0 Å². The van der Waals surface area contributed by atoms with Crippen molar-refractivity contribution in [2.24, 2.45) is 5.92 Å². The van der Waals surface area contributed by atoms with E-state index in [-0.39, 0.29) is 30.4 Å². The van der Waals surface area contributed by atoms with Gasteiger partial charge in [-0.05, 0) is 19.3 Å². The van der Waals surface area contributed by atoms with E-state index < -0.39 is 45.7 Å². The highest BCUT2D eigenvalue weighted by molar-refractivity contribution is 7.91. The number of amides is 5. The minimum atomic E-state index is -3.20. The SMILES string of the molecule is CC(C)CN1C(=O)C(=O)N(CC(=O)N[C@]2(C)CCS(=O)(=O)C2)C1=O. The number of urea groups is 1. The first-order chi connectivity index (χ1) is 10.9. The lowest BCUT2D eigenvalue weighted by Crippen LogP contribution is -2.51. The maximum atomic E-state index is 12.2. The number of hydrogen-bond donors (Lipinski definition) is 1. The van der Waals surface area contributed by atoms with Crippen molar-refractivity contribution in [1.29, 1.82) is 0 Å². The number of nitrogens with one attached hydrogen (secondary N) is 1. The highest BCUT2D eigenvalue weighted by Gasteiger charge is 2.46. The van der Waals surface area contributed by atoms with Crippen LogP contribution in [0.25, 0.3) is 0 Å². The Labute approximate surface area is 140 Å². The molecule has 9 nitrogen and oxygen atoms in total. The van der Waals surface area contributed by atoms with Crippen molar-refractivity contribution in [3.63, 3.8) is 0 Å². The molecule has 0 spiro atoms. The number of carbonyl (C=O) groups excluding carboxylic acids is 4. The Balaban J connectivity index is 2.03. The molecule has 0 bridgehead atoms. The molecule has 2 aliphatic heterocycles. The van der Waals surface area contributed by atoms with Crippen LogP contribution in [0, 0.1) is 5.92 Å². The van der Waals surface area contributed by atoms with Crippen LogP contribution in [0.1, 0.15) is 27.2 Å². The highest BCUT2D eigenvalue weighted by Crippen LogP contribution is 2.23. The zero-order valence-electron chi connectivity index (χ0n) is 13.9. The number of sulfone groups is 1. The van der Waals surface area contributed by atoms with Gasteiger partial charge in [0, 0.05) is 6.54 Å². The van der Waals surface area contributed by atoms with Gasteiger partial charge in [-0.2, -0.15) is 0 Å². The third-order valence-corrected chi connectivity index (χ3v) is 5.83. The number of carbonyl (C=O) groups is 4. The Morgan fingerprint density at radius 2 is 1.79 bits per heavy atom. The molecule has 2 aliphatic rings. The molecule has 0 aromatic heterocycles. The molecule has 0 unspecified atom stereocenters. The summed E-state index contributed by atoms with van der Waals surface area (Å²) in [6.07, 6.45) is 0.265. The molecule has 2 rings (SSSR count). The molecule has 0 aromatic carbocycles. The van der Waals surface area contributed by atoms with Crippen LogP contribution >= 0.6 is 0 Å². The van der Waals surface area contributed by atoms with E-state index in [1.807, 2.05) is 0 Å². The van der Waals surface area contributed by atoms with Gasteiger partial charge in [-0.1, -0.05) is 13.8 Å². The van der Waals surface area contributed by atoms with Gasteiger partial charge >= 0.3 is 17.8 Å². The molecule has 0 radical (unpaired) electrons. The fourth-order valence-corrected chi connectivity index (χ4v) is 4.94. The minimum Gasteiger partial charge on any atom is -0.348 e. The van der Waals surface area contributed by atoms with E-state index in [9.17, 15) is 27.6 Å². The van der Waals surface area contributed by atoms with Crippen molar-refractivity contribution in [3.05, 3.63) is 0 Å². The average molecular weight is 359 g/mol. The molecular weight excluding hydrogens is 338 g/mol. The van der Waals surface area contributed by atoms with Crippen LogP contribution in [0.5, 0.6) is 0 Å². The van der Waals surface area contributed by atoms with Gasteiger partial charge in [-0.15, -0.1) is 0 Å². The maximum Gasteiger partial charge on any atom is 0.334 e. The largest absolute Gasteiger partial charge is 0.348 e. The van der Waals surface area contributed by atoms with E-state index in [1.165, 1.54) is 0 Å². The Bertz CT molecular complexity index is 701. The predicted octanol–water partition coefficient (Wildman–Crippen LogP) is -0.873. The van der Waals surface area contributed by atoms with Crippen molar-refractivity contribution >= 4 is 33.6 Å². The Morgan fingerprint density at radius 3 is 2.29 bits per heavy atom. The zero-order chi connectivity index (χ0) is 18.3. The fourth-order valence-electron chi connectivity index (χ4n) is 2.84. The lowest BCUT2D eigenvalue weighted by Gasteiger charge is -2.25. The van der Waals surface area contributed by atoms with Crippen LogP contribution in [-0.4, -0.2) is 72.1 Å². The van der Waals surface area contributed by atoms with Gasteiger partial charge in [0.1, 0.15) is 6.54 Å². The standard InChI is InChI=1S/C14H21N3O6S/c1-9(2)6-16-11(19)12(20)17(13(16)21)7-10(18)15-14(3)4-5-24(22,23)8-14/h9H,4-8H2,1-3H3,(H,15,18)/t14-/m1/s1. The fraction of sp³-hybridized carbons (Fsp3) is 0.714. The van der Waals surface area contributed by atoms with Gasteiger partial charge in [0.05, 0.1) is 17.0 Å². The van der Waals surface area contributed by atoms with Crippen LogP contribution in [0.3, 0.4) is 0 Å². The maximum absolute atomic E-state index is 12.2. The molecule has 2 fully saturated rings. The lowest BCUT2D eigenvalue weighted by atomic mass is 10.0. The topological polar surface area (TPSA) is 121 Å². The summed E-state index contributed by atoms with van der Waals surface area (Å²) in [4.78, 5) is 49.4. The predicted molar refractivity (Wildman–Crippen MR) is 83.5 cm³/mol. The zero-order valence-corrected chi connectivity index (χ0v) is 14.7. The molecule has 10 heteroatoms. The third kappa shape index (κ3) is 3.74. The number of imide groups is 2. The summed E-state index contributed by atoms with van der Waals surface area (Å²) in [6.45, 7) is 4.67. The summed E-state index contributed by atoms with van der Waals surface area (Å²) in [7, 11) is -3.20. The molecule has 2 saturated heterocycles. The molecule has 1 N–H and O–H groups in total. The molecule has 0 aromatic rings. The molecular formula is C14H21N3O6S. The summed E-state index contributed by atoms with van der Waals surface area (Å²) >= 11 is 0. The Hall–Kier alpha value is -1.97. The minimum absolute atomic E-state index is 0.0120. The molecule has 0 aliphatic carbocycles. The van der Waals surface area contributed by atoms with Crippen molar-refractivity contribution in [2.45, 2.75) is 32.7 Å². The van der Waals surface area contributed by atoms with Crippen molar-refractivity contribution in [3.8, 4) is 0 Å². The van der Waals surface area contributed by atoms with Crippen LogP contribution in [0.15, 0.2) is 0 Å². The first kappa shape index (κ1) is 18.4. The van der Waals surface area contributed by atoms with E-state index in [1.54, 1.807) is 20.8 Å². The van der Waals surface area contributed by atoms with Gasteiger partial charge in [0.15, 0.2) is 9.84 Å². The Kier molecular flexibility index (Phi) is 4.71. The highest BCUT2D eigenvalue weighted by atomic mass is 32.2. The number of rotatable bonds is 5. The first-order valence-electron chi connectivity index (χ1n) is 7.63. The van der Waals surface area contributed by atoms with Crippen molar-refractivity contribution in [2.75, 3.05) is 24.6 Å². The van der Waals surface area contributed by atoms with Gasteiger partial charge in [-0.3, -0.25) is 19.3 Å². The van der Waals surface area contributed by atoms with E-state index in [0.717, 1.165) is 4.90 Å². The van der Waals surface area contributed by atoms with Crippen LogP contribution in [-0.2, 0) is 24.2 Å². The summed E-state index contributed by atoms with van der Waals surface area (Å²) in [6, 6.07) is -0.821. The van der Waals surface area contributed by atoms with Crippen LogP contribution in [0.2, 0.25) is 0 Å². The van der Waals surface area contributed by atoms with Crippen LogP contribution < -0.4 is 5.32 Å². The van der Waals surface area contributed by atoms with Gasteiger partial charge < -0.3 is 5.32 Å². The van der Waals surface area contributed by atoms with Crippen molar-refractivity contribution < 1.29 is 27.6 Å². The summed E-state index contributed by atoms with van der Waals surface area (Å²) in [5.41, 5.74) is -0.927. The normalized spacial score (nSPS) is 26.6. The van der Waals surface area contributed by atoms with Gasteiger partial charge in [0.2, 0.25) is 5.91 Å². The van der Waals surface area contributed by atoms with E-state index in [0.29, 0.717) is 4.90 Å². The van der Waals surface area contributed by atoms with E-state index in [4.69, 9.17) is 0 Å². The third-order valence-electron chi connectivity index (χ3n) is 3.93. The Morgan fingerprint density at radius 1 is 1.21 bits per heavy atom. The summed E-state index contributed by atoms with van der Waals surface area (Å²) < 4.78 is 23.1.